The Kier molecular flexibility index (Phi) is 6.52. The number of ether oxygens (including phenoxy) is 2. The average Bonchev–Trinajstić information content (AvgIpc) is 3.14. The van der Waals surface area contributed by atoms with E-state index >= 15 is 0 Å². The molecule has 1 amide bonds. The summed E-state index contributed by atoms with van der Waals surface area (Å²) in [5.41, 5.74) is 6.32. The van der Waals surface area contributed by atoms with Gasteiger partial charge in [0.25, 0.3) is 0 Å². The fraction of sp³-hybridized carbons (Fsp3) is 0.185. The maximum absolute atomic E-state index is 12.2. The van der Waals surface area contributed by atoms with Gasteiger partial charge in [-0.15, -0.1) is 0 Å². The first-order chi connectivity index (χ1) is 15.7. The van der Waals surface area contributed by atoms with E-state index in [1.54, 1.807) is 0 Å². The number of rotatable bonds is 5. The molecule has 0 bridgehead atoms. The molecule has 32 heavy (non-hydrogen) atoms. The van der Waals surface area contributed by atoms with Crippen molar-refractivity contribution in [2.24, 2.45) is 0 Å². The zero-order chi connectivity index (χ0) is 22.3. The average molecular weight is 425 g/mol. The van der Waals surface area contributed by atoms with E-state index < -0.39 is 6.09 Å². The molecule has 1 aliphatic rings. The lowest BCUT2D eigenvalue weighted by Gasteiger charge is -2.14. The van der Waals surface area contributed by atoms with Crippen LogP contribution in [0.5, 0.6) is 0 Å². The Balaban J connectivity index is 1.31. The predicted octanol–water partition coefficient (Wildman–Crippen LogP) is 4.29. The molecule has 0 fully saturated rings. The van der Waals surface area contributed by atoms with E-state index in [1.165, 1.54) is 29.4 Å². The van der Waals surface area contributed by atoms with Crippen LogP contribution in [0.4, 0.5) is 4.79 Å². The second-order valence-corrected chi connectivity index (χ2v) is 7.43. The molecule has 0 saturated carbocycles. The number of hydrogen-bond acceptors (Lipinski definition) is 4. The predicted molar refractivity (Wildman–Crippen MR) is 122 cm³/mol. The minimum atomic E-state index is -0.499. The number of carbonyl (C=O) groups is 2. The van der Waals surface area contributed by atoms with Crippen LogP contribution in [0.1, 0.15) is 28.2 Å². The monoisotopic (exact) mass is 425 g/mol. The van der Waals surface area contributed by atoms with Crippen molar-refractivity contribution in [3.8, 4) is 23.0 Å². The van der Waals surface area contributed by atoms with Crippen LogP contribution in [0.3, 0.4) is 0 Å². The van der Waals surface area contributed by atoms with Gasteiger partial charge in [0.05, 0.1) is 20.1 Å². The third kappa shape index (κ3) is 4.81. The van der Waals surface area contributed by atoms with E-state index in [2.05, 4.69) is 46.2 Å². The summed E-state index contributed by atoms with van der Waals surface area (Å²) in [6.45, 7) is 0.431. The van der Waals surface area contributed by atoms with Crippen molar-refractivity contribution >= 4 is 12.1 Å². The summed E-state index contributed by atoms with van der Waals surface area (Å²) in [5, 5.41) is 2.67. The molecule has 0 aromatic heterocycles. The summed E-state index contributed by atoms with van der Waals surface area (Å²) < 4.78 is 10.2. The van der Waals surface area contributed by atoms with Crippen LogP contribution < -0.4 is 5.32 Å². The Hall–Kier alpha value is -4.04. The molecule has 5 heteroatoms. The van der Waals surface area contributed by atoms with Crippen LogP contribution in [-0.4, -0.2) is 32.3 Å². The summed E-state index contributed by atoms with van der Waals surface area (Å²) in [6.07, 6.45) is -0.301. The second-order valence-electron chi connectivity index (χ2n) is 7.43. The minimum absolute atomic E-state index is 0.0248. The number of alkyl carbamates (subject to hydrolysis) is 1. The number of amides is 1. The fourth-order valence-corrected chi connectivity index (χ4v) is 3.91. The molecule has 3 aromatic carbocycles. The number of nitrogens with one attached hydrogen (secondary N) is 1. The van der Waals surface area contributed by atoms with Crippen LogP contribution in [0.2, 0.25) is 0 Å². The highest BCUT2D eigenvalue weighted by atomic mass is 16.5. The van der Waals surface area contributed by atoms with Gasteiger partial charge in [-0.05, 0) is 39.9 Å². The maximum Gasteiger partial charge on any atom is 0.407 e. The molecule has 0 spiro atoms. The molecule has 1 aliphatic carbocycles. The number of hydrogen-bond donors (Lipinski definition) is 1. The Labute approximate surface area is 187 Å². The van der Waals surface area contributed by atoms with Crippen LogP contribution >= 0.6 is 0 Å². The zero-order valence-corrected chi connectivity index (χ0v) is 17.8. The molecule has 3 aromatic rings. The van der Waals surface area contributed by atoms with Crippen molar-refractivity contribution in [2.75, 3.05) is 20.3 Å². The van der Waals surface area contributed by atoms with E-state index in [1.807, 2.05) is 48.5 Å². The van der Waals surface area contributed by atoms with Gasteiger partial charge in [0.2, 0.25) is 0 Å². The van der Waals surface area contributed by atoms with E-state index in [0.29, 0.717) is 0 Å². The second kappa shape index (κ2) is 9.84. The van der Waals surface area contributed by atoms with Crippen LogP contribution in [0, 0.1) is 11.8 Å². The minimum Gasteiger partial charge on any atom is -0.469 e. The SMILES string of the molecule is COC(=O)Cc1cccc(C#CCNC(=O)OCC2c3ccccc3-c3ccccc32)c1. The van der Waals surface area contributed by atoms with Gasteiger partial charge in [0.1, 0.15) is 6.61 Å². The van der Waals surface area contributed by atoms with E-state index in [0.717, 1.165) is 11.1 Å². The molecule has 5 nitrogen and oxygen atoms in total. The van der Waals surface area contributed by atoms with Crippen LogP contribution in [0.15, 0.2) is 72.8 Å². The Morgan fingerprint density at radius 3 is 2.31 bits per heavy atom. The fourth-order valence-electron chi connectivity index (χ4n) is 3.91. The highest BCUT2D eigenvalue weighted by Gasteiger charge is 2.28. The van der Waals surface area contributed by atoms with Gasteiger partial charge in [-0.3, -0.25) is 4.79 Å². The maximum atomic E-state index is 12.2. The van der Waals surface area contributed by atoms with Crippen molar-refractivity contribution in [1.82, 2.24) is 5.32 Å². The van der Waals surface area contributed by atoms with Crippen molar-refractivity contribution in [1.29, 1.82) is 0 Å². The number of carbonyl (C=O) groups excluding carboxylic acids is 2. The molecule has 160 valence electrons. The van der Waals surface area contributed by atoms with E-state index in [-0.39, 0.29) is 31.5 Å². The highest BCUT2D eigenvalue weighted by Crippen LogP contribution is 2.44. The molecule has 0 saturated heterocycles. The lowest BCUT2D eigenvalue weighted by molar-refractivity contribution is -0.139. The van der Waals surface area contributed by atoms with Crippen molar-refractivity contribution < 1.29 is 19.1 Å². The Morgan fingerprint density at radius 1 is 0.938 bits per heavy atom. The zero-order valence-electron chi connectivity index (χ0n) is 17.8. The standard InChI is InChI=1S/C27H23NO4/c1-31-26(29)17-20-9-6-8-19(16-20)10-7-15-28-27(30)32-18-25-23-13-4-2-11-21(23)22-12-3-5-14-24(22)25/h2-6,8-9,11-14,16,25H,15,17-18H2,1H3,(H,28,30). The molecule has 1 N–H and O–H groups in total. The summed E-state index contributed by atoms with van der Waals surface area (Å²) in [7, 11) is 1.36. The smallest absolute Gasteiger partial charge is 0.407 e. The lowest BCUT2D eigenvalue weighted by Crippen LogP contribution is -2.26. The highest BCUT2D eigenvalue weighted by molar-refractivity contribution is 5.79. The Bertz CT molecular complexity index is 1160. The number of esters is 1. The molecule has 4 rings (SSSR count). The lowest BCUT2D eigenvalue weighted by atomic mass is 9.98. The van der Waals surface area contributed by atoms with Gasteiger partial charge in [0, 0.05) is 11.5 Å². The van der Waals surface area contributed by atoms with Crippen molar-refractivity contribution in [3.63, 3.8) is 0 Å². The summed E-state index contributed by atoms with van der Waals surface area (Å²) in [6, 6.07) is 23.8. The van der Waals surface area contributed by atoms with Crippen molar-refractivity contribution in [2.45, 2.75) is 12.3 Å². The first-order valence-electron chi connectivity index (χ1n) is 10.4. The third-order valence-electron chi connectivity index (χ3n) is 5.40. The quantitative estimate of drug-likeness (QED) is 0.489. The summed E-state index contributed by atoms with van der Waals surface area (Å²) in [4.78, 5) is 23.6. The molecule has 0 atom stereocenters. The van der Waals surface area contributed by atoms with Gasteiger partial charge >= 0.3 is 12.1 Å². The molecular weight excluding hydrogens is 402 g/mol. The topological polar surface area (TPSA) is 64.6 Å². The van der Waals surface area contributed by atoms with Gasteiger partial charge in [0.15, 0.2) is 0 Å². The normalized spacial score (nSPS) is 11.5. The van der Waals surface area contributed by atoms with E-state index in [9.17, 15) is 9.59 Å². The molecule has 0 heterocycles. The number of methoxy groups -OCH3 is 1. The first-order valence-corrected chi connectivity index (χ1v) is 10.4. The van der Waals surface area contributed by atoms with Gasteiger partial charge < -0.3 is 14.8 Å². The first kappa shape index (κ1) is 21.2. The molecular formula is C27H23NO4. The van der Waals surface area contributed by atoms with Gasteiger partial charge in [-0.1, -0.05) is 72.5 Å². The molecule has 0 aliphatic heterocycles. The number of benzene rings is 3. The molecule has 0 radical (unpaired) electrons. The third-order valence-corrected chi connectivity index (χ3v) is 5.40. The van der Waals surface area contributed by atoms with Crippen LogP contribution in [0.25, 0.3) is 11.1 Å². The molecule has 0 unspecified atom stereocenters. The van der Waals surface area contributed by atoms with Crippen molar-refractivity contribution in [3.05, 3.63) is 95.1 Å². The van der Waals surface area contributed by atoms with Crippen LogP contribution in [-0.2, 0) is 20.7 Å². The Morgan fingerprint density at radius 2 is 1.62 bits per heavy atom. The largest absolute Gasteiger partial charge is 0.469 e. The van der Waals surface area contributed by atoms with E-state index in [4.69, 9.17) is 4.74 Å². The van der Waals surface area contributed by atoms with Gasteiger partial charge in [-0.2, -0.15) is 0 Å². The summed E-state index contributed by atoms with van der Waals surface area (Å²) >= 11 is 0. The summed E-state index contributed by atoms with van der Waals surface area (Å²) in [5.74, 6) is 5.62. The van der Waals surface area contributed by atoms with Gasteiger partial charge in [-0.25, -0.2) is 4.79 Å². The number of fused-ring (bicyclic) bond motifs is 3.